The Morgan fingerprint density at radius 1 is 1.32 bits per heavy atom. The molecule has 4 rings (SSSR count). The van der Waals surface area contributed by atoms with Crippen molar-refractivity contribution in [2.75, 3.05) is 19.1 Å². The second-order valence-electron chi connectivity index (χ2n) is 8.89. The number of carboxylic acids is 1. The Kier molecular flexibility index (Phi) is 5.29. The number of carboxylic acid groups (broad SMARTS) is 1. The van der Waals surface area contributed by atoms with Crippen LogP contribution in [0.25, 0.3) is 0 Å². The number of ether oxygens (including phenoxy) is 1. The summed E-state index contributed by atoms with van der Waals surface area (Å²) in [6.45, 7) is 5.99. The van der Waals surface area contributed by atoms with E-state index in [2.05, 4.69) is 4.90 Å². The van der Waals surface area contributed by atoms with Gasteiger partial charge in [-0.1, -0.05) is 6.07 Å². The molecule has 0 saturated carbocycles. The Labute approximate surface area is 186 Å². The van der Waals surface area contributed by atoms with Gasteiger partial charge < -0.3 is 19.6 Å². The molecule has 0 radical (unpaired) electrons. The van der Waals surface area contributed by atoms with Gasteiger partial charge in [-0.2, -0.15) is 0 Å². The number of hydrogen-bond acceptors (Lipinski definition) is 6. The number of nitrogens with zero attached hydrogens (tertiary/aromatic N) is 3. The maximum atomic E-state index is 13.4. The minimum Gasteiger partial charge on any atom is -0.496 e. The van der Waals surface area contributed by atoms with E-state index in [1.165, 1.54) is 7.11 Å². The van der Waals surface area contributed by atoms with Gasteiger partial charge in [-0.25, -0.2) is 4.79 Å². The van der Waals surface area contributed by atoms with Crippen molar-refractivity contribution in [3.63, 3.8) is 0 Å². The highest BCUT2D eigenvalue weighted by Crippen LogP contribution is 2.45. The molecule has 1 N–H and O–H groups in total. The van der Waals surface area contributed by atoms with Crippen molar-refractivity contribution in [3.8, 4) is 5.75 Å². The first-order valence-electron chi connectivity index (χ1n) is 10.2. The van der Waals surface area contributed by atoms with E-state index in [-0.39, 0.29) is 29.2 Å². The van der Waals surface area contributed by atoms with Crippen LogP contribution in [0.3, 0.4) is 0 Å². The highest BCUT2D eigenvalue weighted by atomic mass is 32.1. The van der Waals surface area contributed by atoms with E-state index in [0.29, 0.717) is 11.5 Å². The molecule has 2 aliphatic rings. The van der Waals surface area contributed by atoms with Crippen LogP contribution in [-0.4, -0.2) is 53.3 Å². The molecule has 2 unspecified atom stereocenters. The summed E-state index contributed by atoms with van der Waals surface area (Å²) in [4.78, 5) is 35.0. The standard InChI is InChI=1S/C23H27N3O4S/c1-23(2,3)25(4)21(27)19-15-9-8-13-11-17(30-5)14(22(28)29)12-16(13)26(15)20(24-19)18-7-6-10-31-18/h6-7,10-12,15,20H,8-9H2,1-5H3,(H,28,29). The number of amides is 1. The van der Waals surface area contributed by atoms with Crippen LogP contribution in [0, 0.1) is 0 Å². The lowest BCUT2D eigenvalue weighted by Gasteiger charge is -2.38. The van der Waals surface area contributed by atoms with Gasteiger partial charge in [-0.3, -0.25) is 9.79 Å². The largest absolute Gasteiger partial charge is 0.496 e. The molecule has 1 aromatic heterocycles. The third kappa shape index (κ3) is 3.59. The van der Waals surface area contributed by atoms with Gasteiger partial charge in [0.1, 0.15) is 17.0 Å². The van der Waals surface area contributed by atoms with Crippen molar-refractivity contribution >= 4 is 34.6 Å². The zero-order valence-corrected chi connectivity index (χ0v) is 19.2. The number of benzene rings is 1. The van der Waals surface area contributed by atoms with Gasteiger partial charge in [0, 0.05) is 23.2 Å². The lowest BCUT2D eigenvalue weighted by atomic mass is 9.91. The fourth-order valence-electron chi connectivity index (χ4n) is 4.15. The van der Waals surface area contributed by atoms with Crippen molar-refractivity contribution < 1.29 is 19.4 Å². The molecule has 0 fully saturated rings. The summed E-state index contributed by atoms with van der Waals surface area (Å²) in [5.74, 6) is -0.781. The predicted molar refractivity (Wildman–Crippen MR) is 122 cm³/mol. The van der Waals surface area contributed by atoms with E-state index in [0.717, 1.165) is 29.0 Å². The van der Waals surface area contributed by atoms with Crippen LogP contribution >= 0.6 is 11.3 Å². The first-order chi connectivity index (χ1) is 14.6. The summed E-state index contributed by atoms with van der Waals surface area (Å²) in [5.41, 5.74) is 2.13. The Bertz CT molecular complexity index is 1060. The van der Waals surface area contributed by atoms with Gasteiger partial charge in [0.15, 0.2) is 6.17 Å². The number of anilines is 1. The average molecular weight is 442 g/mol. The molecule has 3 heterocycles. The monoisotopic (exact) mass is 441 g/mol. The van der Waals surface area contributed by atoms with Gasteiger partial charge in [-0.15, -0.1) is 11.3 Å². The summed E-state index contributed by atoms with van der Waals surface area (Å²) < 4.78 is 5.32. The molecule has 8 heteroatoms. The highest BCUT2D eigenvalue weighted by molar-refractivity contribution is 7.10. The van der Waals surface area contributed by atoms with Crippen LogP contribution in [-0.2, 0) is 11.2 Å². The van der Waals surface area contributed by atoms with Gasteiger partial charge >= 0.3 is 5.97 Å². The fourth-order valence-corrected chi connectivity index (χ4v) is 4.91. The van der Waals surface area contributed by atoms with Crippen molar-refractivity contribution in [3.05, 3.63) is 45.6 Å². The molecule has 2 aromatic rings. The smallest absolute Gasteiger partial charge is 0.339 e. The molecule has 2 atom stereocenters. The van der Waals surface area contributed by atoms with Crippen molar-refractivity contribution in [2.45, 2.75) is 51.4 Å². The van der Waals surface area contributed by atoms with E-state index in [1.54, 1.807) is 29.4 Å². The maximum Gasteiger partial charge on any atom is 0.339 e. The Hall–Kier alpha value is -2.87. The second-order valence-corrected chi connectivity index (χ2v) is 9.87. The number of rotatable bonds is 4. The Balaban J connectivity index is 1.83. The van der Waals surface area contributed by atoms with E-state index < -0.39 is 5.97 Å². The number of carbonyl (C=O) groups excluding carboxylic acids is 1. The van der Waals surface area contributed by atoms with Crippen LogP contribution in [0.1, 0.15) is 54.2 Å². The number of aromatic carboxylic acids is 1. The summed E-state index contributed by atoms with van der Waals surface area (Å²) >= 11 is 1.58. The lowest BCUT2D eigenvalue weighted by Crippen LogP contribution is -2.51. The first kappa shape index (κ1) is 21.4. The SMILES string of the molecule is COc1cc2c(cc1C(=O)O)N1C(CC2)C(C(=O)N(C)C(C)(C)C)=NC1c1cccs1. The molecule has 0 bridgehead atoms. The molecule has 2 aliphatic heterocycles. The quantitative estimate of drug-likeness (QED) is 0.776. The van der Waals surface area contributed by atoms with Gasteiger partial charge in [0.2, 0.25) is 0 Å². The lowest BCUT2D eigenvalue weighted by molar-refractivity contribution is -0.126. The third-order valence-electron chi connectivity index (χ3n) is 6.10. The topological polar surface area (TPSA) is 82.4 Å². The number of aryl methyl sites for hydroxylation is 1. The van der Waals surface area contributed by atoms with E-state index >= 15 is 0 Å². The summed E-state index contributed by atoms with van der Waals surface area (Å²) in [6, 6.07) is 7.24. The first-order valence-corrected chi connectivity index (χ1v) is 11.1. The summed E-state index contributed by atoms with van der Waals surface area (Å²) in [5, 5.41) is 11.7. The van der Waals surface area contributed by atoms with Crippen LogP contribution < -0.4 is 9.64 Å². The van der Waals surface area contributed by atoms with Crippen molar-refractivity contribution in [2.24, 2.45) is 4.99 Å². The van der Waals surface area contributed by atoms with Crippen LogP contribution in [0.2, 0.25) is 0 Å². The van der Waals surface area contributed by atoms with E-state index in [1.807, 2.05) is 44.4 Å². The van der Waals surface area contributed by atoms with Crippen molar-refractivity contribution in [1.29, 1.82) is 0 Å². The highest BCUT2D eigenvalue weighted by Gasteiger charge is 2.45. The molecule has 0 spiro atoms. The maximum absolute atomic E-state index is 13.4. The number of fused-ring (bicyclic) bond motifs is 3. The van der Waals surface area contributed by atoms with E-state index in [9.17, 15) is 14.7 Å². The molecule has 1 amide bonds. The average Bonchev–Trinajstić information content (AvgIpc) is 3.38. The summed E-state index contributed by atoms with van der Waals surface area (Å²) in [7, 11) is 3.28. The van der Waals surface area contributed by atoms with Crippen LogP contribution in [0.15, 0.2) is 34.6 Å². The van der Waals surface area contributed by atoms with E-state index in [4.69, 9.17) is 9.73 Å². The minimum absolute atomic E-state index is 0.0861. The van der Waals surface area contributed by atoms with Gasteiger partial charge in [0.25, 0.3) is 5.91 Å². The number of aliphatic imine (C=N–C) groups is 1. The number of carbonyl (C=O) groups is 2. The number of methoxy groups -OCH3 is 1. The number of hydrogen-bond donors (Lipinski definition) is 1. The van der Waals surface area contributed by atoms with Crippen LogP contribution in [0.4, 0.5) is 5.69 Å². The Morgan fingerprint density at radius 3 is 2.65 bits per heavy atom. The normalized spacial score (nSPS) is 20.0. The van der Waals surface area contributed by atoms with Gasteiger partial charge in [0.05, 0.1) is 13.2 Å². The Morgan fingerprint density at radius 2 is 2.06 bits per heavy atom. The zero-order valence-electron chi connectivity index (χ0n) is 18.4. The molecule has 1 aromatic carbocycles. The minimum atomic E-state index is -1.04. The molecule has 0 aliphatic carbocycles. The molecule has 164 valence electrons. The molecular formula is C23H27N3O4S. The zero-order chi connectivity index (χ0) is 22.5. The molecule has 7 nitrogen and oxygen atoms in total. The predicted octanol–water partition coefficient (Wildman–Crippen LogP) is 3.99. The third-order valence-corrected chi connectivity index (χ3v) is 7.01. The van der Waals surface area contributed by atoms with Crippen LogP contribution in [0.5, 0.6) is 5.75 Å². The fraction of sp³-hybridized carbons (Fsp3) is 0.435. The molecular weight excluding hydrogens is 414 g/mol. The molecule has 0 saturated heterocycles. The molecule has 31 heavy (non-hydrogen) atoms. The summed E-state index contributed by atoms with van der Waals surface area (Å²) in [6.07, 6.45) is 1.09. The number of thiophene rings is 1. The van der Waals surface area contributed by atoms with Crippen molar-refractivity contribution in [1.82, 2.24) is 4.90 Å². The second kappa shape index (κ2) is 7.67. The van der Waals surface area contributed by atoms with Gasteiger partial charge in [-0.05, 0) is 62.8 Å².